The molecular formula is C10H11N4O2S. The average molecular weight is 251 g/mol. The maximum atomic E-state index is 10.7. The van der Waals surface area contributed by atoms with E-state index in [9.17, 15) is 4.79 Å². The molecule has 0 fully saturated rings. The van der Waals surface area contributed by atoms with Crippen LogP contribution in [0.5, 0.6) is 0 Å². The third kappa shape index (κ3) is 3.10. The lowest BCUT2D eigenvalue weighted by Gasteiger charge is -2.13. The molecule has 1 aromatic rings. The van der Waals surface area contributed by atoms with Gasteiger partial charge in [-0.05, 0) is 25.3 Å². The van der Waals surface area contributed by atoms with Crippen LogP contribution in [-0.4, -0.2) is 27.5 Å². The summed E-state index contributed by atoms with van der Waals surface area (Å²) in [5, 5.41) is 4.00. The molecule has 89 valence electrons. The first-order valence-corrected chi connectivity index (χ1v) is 5.95. The number of rotatable bonds is 4. The monoisotopic (exact) mass is 251 g/mol. The number of allylic oxidation sites excluding steroid dienone is 1. The summed E-state index contributed by atoms with van der Waals surface area (Å²) in [5.74, 6) is 0.155. The Morgan fingerprint density at radius 1 is 1.71 bits per heavy atom. The van der Waals surface area contributed by atoms with Crippen molar-refractivity contribution in [1.29, 1.82) is 0 Å². The molecule has 2 N–H and O–H groups in total. The largest absolute Gasteiger partial charge is 0.388 e. The first-order valence-electron chi connectivity index (χ1n) is 5.18. The maximum Gasteiger partial charge on any atom is 0.261 e. The van der Waals surface area contributed by atoms with Crippen LogP contribution in [0.15, 0.2) is 17.3 Å². The second-order valence-electron chi connectivity index (χ2n) is 3.50. The molecule has 1 atom stereocenters. The van der Waals surface area contributed by atoms with E-state index in [0.717, 1.165) is 30.8 Å². The summed E-state index contributed by atoms with van der Waals surface area (Å²) >= 11 is 0.997. The summed E-state index contributed by atoms with van der Waals surface area (Å²) in [6.45, 7) is 0. The van der Waals surface area contributed by atoms with Crippen LogP contribution in [0.1, 0.15) is 25.1 Å². The van der Waals surface area contributed by atoms with E-state index in [1.807, 2.05) is 12.2 Å². The quantitative estimate of drug-likeness (QED) is 0.491. The van der Waals surface area contributed by atoms with Crippen LogP contribution < -0.4 is 5.73 Å². The van der Waals surface area contributed by atoms with Crippen LogP contribution in [0.3, 0.4) is 0 Å². The molecule has 1 aromatic heterocycles. The van der Waals surface area contributed by atoms with E-state index in [1.165, 1.54) is 0 Å². The van der Waals surface area contributed by atoms with E-state index in [-0.39, 0.29) is 22.8 Å². The zero-order valence-electron chi connectivity index (χ0n) is 9.00. The molecule has 0 saturated heterocycles. The molecule has 0 saturated carbocycles. The molecule has 7 heteroatoms. The Bertz CT molecular complexity index is 455. The predicted molar refractivity (Wildman–Crippen MR) is 64.4 cm³/mol. The Morgan fingerprint density at radius 2 is 2.59 bits per heavy atom. The second-order valence-corrected chi connectivity index (χ2v) is 4.28. The molecule has 2 rings (SSSR count). The molecule has 0 amide bonds. The minimum Gasteiger partial charge on any atom is -0.388 e. The number of hydrogen-bond donors (Lipinski definition) is 1. The Hall–Kier alpha value is -1.76. The van der Waals surface area contributed by atoms with Crippen LogP contribution in [0.2, 0.25) is 0 Å². The number of hydrogen-bond acceptors (Lipinski definition) is 7. The molecule has 0 aromatic carbocycles. The van der Waals surface area contributed by atoms with Crippen molar-refractivity contribution in [3.63, 3.8) is 0 Å². The minimum absolute atomic E-state index is 0.0584. The van der Waals surface area contributed by atoms with Crippen molar-refractivity contribution >= 4 is 28.7 Å². The smallest absolute Gasteiger partial charge is 0.261 e. The molecule has 17 heavy (non-hydrogen) atoms. The van der Waals surface area contributed by atoms with Gasteiger partial charge in [0.15, 0.2) is 10.8 Å². The summed E-state index contributed by atoms with van der Waals surface area (Å²) in [4.78, 5) is 19.8. The molecule has 1 unspecified atom stereocenters. The minimum atomic E-state index is -0.0944. The number of nitrogen functional groups attached to an aromatic ring is 1. The van der Waals surface area contributed by atoms with Crippen LogP contribution in [0, 0.1) is 0 Å². The number of aromatic nitrogens is 2. The van der Waals surface area contributed by atoms with Gasteiger partial charge in [0.05, 0.1) is 0 Å². The lowest BCUT2D eigenvalue weighted by Crippen LogP contribution is -2.12. The van der Waals surface area contributed by atoms with E-state index in [4.69, 9.17) is 10.6 Å². The van der Waals surface area contributed by atoms with Crippen LogP contribution in [0.4, 0.5) is 5.13 Å². The zero-order chi connectivity index (χ0) is 12.1. The highest BCUT2D eigenvalue weighted by molar-refractivity contribution is 7.09. The van der Waals surface area contributed by atoms with Crippen molar-refractivity contribution in [3.05, 3.63) is 18.0 Å². The van der Waals surface area contributed by atoms with Gasteiger partial charge in [-0.3, -0.25) is 4.79 Å². The summed E-state index contributed by atoms with van der Waals surface area (Å²) < 4.78 is 3.86. The van der Waals surface area contributed by atoms with Crippen molar-refractivity contribution in [1.82, 2.24) is 9.36 Å². The Labute approximate surface area is 102 Å². The summed E-state index contributed by atoms with van der Waals surface area (Å²) in [6, 6.07) is 0. The number of nitrogens with zero attached hydrogens (tertiary/aromatic N) is 3. The van der Waals surface area contributed by atoms with Crippen LogP contribution >= 0.6 is 11.5 Å². The number of anilines is 1. The Kier molecular flexibility index (Phi) is 3.81. The third-order valence-electron chi connectivity index (χ3n) is 2.24. The molecule has 1 heterocycles. The molecule has 1 radical (unpaired) electrons. The SMILES string of the molecule is Nc1nc(C([C]=O)=NOC2C=CCCC2)ns1. The Balaban J connectivity index is 2.05. The fourth-order valence-corrected chi connectivity index (χ4v) is 1.86. The van der Waals surface area contributed by atoms with Gasteiger partial charge in [-0.2, -0.15) is 9.36 Å². The topological polar surface area (TPSA) is 90.5 Å². The van der Waals surface area contributed by atoms with Gasteiger partial charge < -0.3 is 10.6 Å². The van der Waals surface area contributed by atoms with Crippen molar-refractivity contribution in [2.24, 2.45) is 5.16 Å². The Morgan fingerprint density at radius 3 is 3.18 bits per heavy atom. The van der Waals surface area contributed by atoms with E-state index < -0.39 is 0 Å². The highest BCUT2D eigenvalue weighted by atomic mass is 32.1. The maximum absolute atomic E-state index is 10.7. The second kappa shape index (κ2) is 5.53. The fourth-order valence-electron chi connectivity index (χ4n) is 1.43. The van der Waals surface area contributed by atoms with Gasteiger partial charge in [-0.15, -0.1) is 0 Å². The molecule has 1 aliphatic carbocycles. The van der Waals surface area contributed by atoms with E-state index in [0.29, 0.717) is 0 Å². The first-order chi connectivity index (χ1) is 8.29. The predicted octanol–water partition coefficient (Wildman–Crippen LogP) is 1.06. The van der Waals surface area contributed by atoms with Crippen molar-refractivity contribution < 1.29 is 9.63 Å². The van der Waals surface area contributed by atoms with Gasteiger partial charge >= 0.3 is 0 Å². The van der Waals surface area contributed by atoms with Crippen LogP contribution in [0.25, 0.3) is 0 Å². The van der Waals surface area contributed by atoms with Gasteiger partial charge in [0, 0.05) is 11.5 Å². The van der Waals surface area contributed by atoms with Crippen molar-refractivity contribution in [2.45, 2.75) is 25.4 Å². The van der Waals surface area contributed by atoms with Gasteiger partial charge in [-0.1, -0.05) is 11.2 Å². The zero-order valence-corrected chi connectivity index (χ0v) is 9.81. The highest BCUT2D eigenvalue weighted by Gasteiger charge is 2.13. The molecule has 0 spiro atoms. The average Bonchev–Trinajstić information content (AvgIpc) is 2.78. The van der Waals surface area contributed by atoms with Crippen LogP contribution in [-0.2, 0) is 9.63 Å². The molecular weight excluding hydrogens is 240 g/mol. The lowest BCUT2D eigenvalue weighted by atomic mass is 10.1. The van der Waals surface area contributed by atoms with Gasteiger partial charge in [0.25, 0.3) is 6.29 Å². The molecule has 0 bridgehead atoms. The summed E-state index contributed by atoms with van der Waals surface area (Å²) in [5.41, 5.74) is 5.36. The fraction of sp³-hybridized carbons (Fsp3) is 0.400. The molecule has 1 aliphatic rings. The van der Waals surface area contributed by atoms with Crippen molar-refractivity contribution in [2.75, 3.05) is 5.73 Å². The number of carbonyl (C=O) groups excluding carboxylic acids is 1. The summed E-state index contributed by atoms with van der Waals surface area (Å²) in [6.07, 6.45) is 8.52. The van der Waals surface area contributed by atoms with Gasteiger partial charge in [0.1, 0.15) is 6.10 Å². The van der Waals surface area contributed by atoms with Gasteiger partial charge in [0.2, 0.25) is 5.82 Å². The van der Waals surface area contributed by atoms with E-state index in [2.05, 4.69) is 14.5 Å². The molecule has 0 aliphatic heterocycles. The van der Waals surface area contributed by atoms with Gasteiger partial charge in [-0.25, -0.2) is 0 Å². The summed E-state index contributed by atoms with van der Waals surface area (Å²) in [7, 11) is 0. The first kappa shape index (κ1) is 11.7. The molecule has 6 nitrogen and oxygen atoms in total. The number of oxime groups is 1. The standard InChI is InChI=1S/C10H11N4O2S/c11-10-12-9(14-17-10)8(6-15)13-16-7-4-2-1-3-5-7/h2,4,7H,1,3,5H2,(H2,11,12,14). The van der Waals surface area contributed by atoms with E-state index in [1.54, 1.807) is 6.29 Å². The van der Waals surface area contributed by atoms with Crippen molar-refractivity contribution in [3.8, 4) is 0 Å². The lowest BCUT2D eigenvalue weighted by molar-refractivity contribution is 0.0826. The number of nitrogens with two attached hydrogens (primary N) is 1. The highest BCUT2D eigenvalue weighted by Crippen LogP contribution is 2.14. The van der Waals surface area contributed by atoms with E-state index >= 15 is 0 Å². The normalized spacial score (nSPS) is 20.2. The third-order valence-corrected chi connectivity index (χ3v) is 2.78.